The standard InChI is InChI=1S/C8H13N3/c1-6-7-5-9-4-3-8(7)10-11(6)2/h9H,3-5H2,1-2H3. The molecule has 1 N–H and O–H groups in total. The van der Waals surface area contributed by atoms with Gasteiger partial charge in [0, 0.05) is 37.8 Å². The highest BCUT2D eigenvalue weighted by Gasteiger charge is 2.15. The Kier molecular flexibility index (Phi) is 1.46. The Morgan fingerprint density at radius 3 is 3.09 bits per heavy atom. The number of hydrogen-bond acceptors (Lipinski definition) is 2. The molecule has 1 aromatic heterocycles. The van der Waals surface area contributed by atoms with Crippen molar-refractivity contribution in [2.45, 2.75) is 19.9 Å². The van der Waals surface area contributed by atoms with E-state index in [-0.39, 0.29) is 0 Å². The van der Waals surface area contributed by atoms with Gasteiger partial charge in [-0.1, -0.05) is 0 Å². The predicted molar refractivity (Wildman–Crippen MR) is 43.4 cm³/mol. The van der Waals surface area contributed by atoms with Gasteiger partial charge < -0.3 is 5.32 Å². The SMILES string of the molecule is Cc1c2c(nn1C)CCNC2. The van der Waals surface area contributed by atoms with Gasteiger partial charge in [-0.25, -0.2) is 0 Å². The van der Waals surface area contributed by atoms with E-state index in [0.29, 0.717) is 0 Å². The summed E-state index contributed by atoms with van der Waals surface area (Å²) < 4.78 is 1.97. The van der Waals surface area contributed by atoms with Crippen molar-refractivity contribution in [1.82, 2.24) is 15.1 Å². The lowest BCUT2D eigenvalue weighted by atomic mass is 10.1. The average Bonchev–Trinajstić information content (AvgIpc) is 2.30. The maximum absolute atomic E-state index is 4.43. The maximum Gasteiger partial charge on any atom is 0.0684 e. The molecule has 0 spiro atoms. The minimum Gasteiger partial charge on any atom is -0.312 e. The highest BCUT2D eigenvalue weighted by Crippen LogP contribution is 2.15. The van der Waals surface area contributed by atoms with Gasteiger partial charge in [0.05, 0.1) is 5.69 Å². The fourth-order valence-corrected chi connectivity index (χ4v) is 1.57. The Hall–Kier alpha value is -0.830. The van der Waals surface area contributed by atoms with Gasteiger partial charge in [0.25, 0.3) is 0 Å². The van der Waals surface area contributed by atoms with E-state index in [4.69, 9.17) is 0 Å². The highest BCUT2D eigenvalue weighted by molar-refractivity contribution is 5.27. The van der Waals surface area contributed by atoms with Crippen molar-refractivity contribution in [2.75, 3.05) is 6.54 Å². The molecule has 3 heteroatoms. The summed E-state index contributed by atoms with van der Waals surface area (Å²) in [6, 6.07) is 0. The van der Waals surface area contributed by atoms with E-state index in [1.165, 1.54) is 17.0 Å². The van der Waals surface area contributed by atoms with Crippen molar-refractivity contribution in [2.24, 2.45) is 7.05 Å². The fraction of sp³-hybridized carbons (Fsp3) is 0.625. The summed E-state index contributed by atoms with van der Waals surface area (Å²) in [6.45, 7) is 4.19. The quantitative estimate of drug-likeness (QED) is 0.580. The van der Waals surface area contributed by atoms with E-state index in [9.17, 15) is 0 Å². The van der Waals surface area contributed by atoms with Gasteiger partial charge in [0.15, 0.2) is 0 Å². The molecule has 1 aliphatic heterocycles. The number of aromatic nitrogens is 2. The number of aryl methyl sites for hydroxylation is 1. The Morgan fingerprint density at radius 2 is 2.36 bits per heavy atom. The topological polar surface area (TPSA) is 29.9 Å². The Labute approximate surface area is 66.4 Å². The first-order chi connectivity index (χ1) is 5.29. The van der Waals surface area contributed by atoms with E-state index in [1.54, 1.807) is 0 Å². The van der Waals surface area contributed by atoms with Gasteiger partial charge in [0.2, 0.25) is 0 Å². The summed E-state index contributed by atoms with van der Waals surface area (Å²) >= 11 is 0. The number of nitrogens with zero attached hydrogens (tertiary/aromatic N) is 2. The molecule has 0 atom stereocenters. The molecule has 0 fully saturated rings. The van der Waals surface area contributed by atoms with Gasteiger partial charge in [-0.3, -0.25) is 4.68 Å². The van der Waals surface area contributed by atoms with Crippen LogP contribution in [0, 0.1) is 6.92 Å². The first kappa shape index (κ1) is 6.85. The Balaban J connectivity index is 2.50. The second-order valence-corrected chi connectivity index (χ2v) is 3.06. The van der Waals surface area contributed by atoms with Crippen LogP contribution in [0.1, 0.15) is 17.0 Å². The molecule has 0 bridgehead atoms. The first-order valence-electron chi connectivity index (χ1n) is 4.01. The van der Waals surface area contributed by atoms with Crippen LogP contribution < -0.4 is 5.32 Å². The van der Waals surface area contributed by atoms with Crippen molar-refractivity contribution >= 4 is 0 Å². The largest absolute Gasteiger partial charge is 0.312 e. The third kappa shape index (κ3) is 0.959. The summed E-state index contributed by atoms with van der Waals surface area (Å²) in [5.74, 6) is 0. The monoisotopic (exact) mass is 151 g/mol. The van der Waals surface area contributed by atoms with Crippen molar-refractivity contribution in [3.05, 3.63) is 17.0 Å². The van der Waals surface area contributed by atoms with Crippen LogP contribution in [0.4, 0.5) is 0 Å². The van der Waals surface area contributed by atoms with Crippen LogP contribution in [0.25, 0.3) is 0 Å². The number of nitrogens with one attached hydrogen (secondary N) is 1. The number of rotatable bonds is 0. The minimum atomic E-state index is 0.995. The van der Waals surface area contributed by atoms with Crippen molar-refractivity contribution in [1.29, 1.82) is 0 Å². The van der Waals surface area contributed by atoms with Gasteiger partial charge >= 0.3 is 0 Å². The van der Waals surface area contributed by atoms with Gasteiger partial charge in [-0.2, -0.15) is 5.10 Å². The molecule has 11 heavy (non-hydrogen) atoms. The zero-order chi connectivity index (χ0) is 7.84. The van der Waals surface area contributed by atoms with Crippen molar-refractivity contribution in [3.8, 4) is 0 Å². The molecule has 0 unspecified atom stereocenters. The van der Waals surface area contributed by atoms with Crippen LogP contribution in [0.2, 0.25) is 0 Å². The molecule has 0 aromatic carbocycles. The molecule has 3 nitrogen and oxygen atoms in total. The molecule has 2 rings (SSSR count). The fourth-order valence-electron chi connectivity index (χ4n) is 1.57. The Bertz CT molecular complexity index is 275. The van der Waals surface area contributed by atoms with Crippen LogP contribution in [-0.2, 0) is 20.0 Å². The van der Waals surface area contributed by atoms with Crippen LogP contribution in [0.3, 0.4) is 0 Å². The zero-order valence-electron chi connectivity index (χ0n) is 7.02. The van der Waals surface area contributed by atoms with E-state index in [1.807, 2.05) is 11.7 Å². The van der Waals surface area contributed by atoms with Crippen molar-refractivity contribution < 1.29 is 0 Å². The molecule has 1 aliphatic rings. The van der Waals surface area contributed by atoms with Gasteiger partial charge in [-0.15, -0.1) is 0 Å². The lowest BCUT2D eigenvalue weighted by molar-refractivity contribution is 0.632. The summed E-state index contributed by atoms with van der Waals surface area (Å²) in [6.07, 6.45) is 1.08. The Morgan fingerprint density at radius 1 is 1.55 bits per heavy atom. The average molecular weight is 151 g/mol. The highest BCUT2D eigenvalue weighted by atomic mass is 15.3. The lowest BCUT2D eigenvalue weighted by Gasteiger charge is -2.10. The molecule has 0 aliphatic carbocycles. The van der Waals surface area contributed by atoms with E-state index in [0.717, 1.165) is 19.5 Å². The van der Waals surface area contributed by atoms with E-state index >= 15 is 0 Å². The molecule has 0 saturated carbocycles. The van der Waals surface area contributed by atoms with Crippen LogP contribution in [0.5, 0.6) is 0 Å². The van der Waals surface area contributed by atoms with Gasteiger partial charge in [-0.05, 0) is 6.92 Å². The zero-order valence-corrected chi connectivity index (χ0v) is 7.02. The molecule has 0 saturated heterocycles. The second-order valence-electron chi connectivity index (χ2n) is 3.06. The van der Waals surface area contributed by atoms with E-state index in [2.05, 4.69) is 17.3 Å². The van der Waals surface area contributed by atoms with Crippen LogP contribution in [-0.4, -0.2) is 16.3 Å². The number of fused-ring (bicyclic) bond motifs is 1. The minimum absolute atomic E-state index is 0.995. The second kappa shape index (κ2) is 2.34. The third-order valence-electron chi connectivity index (χ3n) is 2.38. The van der Waals surface area contributed by atoms with Crippen LogP contribution in [0.15, 0.2) is 0 Å². The molecule has 60 valence electrons. The molecule has 0 radical (unpaired) electrons. The van der Waals surface area contributed by atoms with E-state index < -0.39 is 0 Å². The first-order valence-corrected chi connectivity index (χ1v) is 4.01. The molecule has 0 amide bonds. The number of hydrogen-bond donors (Lipinski definition) is 1. The normalized spacial score (nSPS) is 16.5. The molecular formula is C8H13N3. The third-order valence-corrected chi connectivity index (χ3v) is 2.38. The van der Waals surface area contributed by atoms with Crippen LogP contribution >= 0.6 is 0 Å². The predicted octanol–water partition coefficient (Wildman–Crippen LogP) is 0.374. The summed E-state index contributed by atoms with van der Waals surface area (Å²) in [5.41, 5.74) is 3.98. The molecular weight excluding hydrogens is 138 g/mol. The maximum atomic E-state index is 4.43. The lowest BCUT2D eigenvalue weighted by Crippen LogP contribution is -2.23. The molecule has 2 heterocycles. The van der Waals surface area contributed by atoms with Gasteiger partial charge in [0.1, 0.15) is 0 Å². The molecule has 1 aromatic rings. The van der Waals surface area contributed by atoms with Crippen molar-refractivity contribution in [3.63, 3.8) is 0 Å². The summed E-state index contributed by atoms with van der Waals surface area (Å²) in [4.78, 5) is 0. The summed E-state index contributed by atoms with van der Waals surface area (Å²) in [7, 11) is 2.01. The summed E-state index contributed by atoms with van der Waals surface area (Å²) in [5, 5.41) is 7.77. The smallest absolute Gasteiger partial charge is 0.0684 e.